The van der Waals surface area contributed by atoms with E-state index in [0.29, 0.717) is 5.32 Å². The van der Waals surface area contributed by atoms with Crippen LogP contribution in [0.25, 0.3) is 0 Å². The van der Waals surface area contributed by atoms with E-state index in [-0.39, 0.29) is 0 Å². The Morgan fingerprint density at radius 3 is 2.43 bits per heavy atom. The quantitative estimate of drug-likeness (QED) is 0.469. The van der Waals surface area contributed by atoms with Crippen LogP contribution in [-0.2, 0) is 4.79 Å². The molecule has 0 aliphatic heterocycles. The van der Waals surface area contributed by atoms with Gasteiger partial charge in [0.2, 0.25) is 0 Å². The van der Waals surface area contributed by atoms with Crippen molar-refractivity contribution in [3.63, 3.8) is 0 Å². The van der Waals surface area contributed by atoms with Gasteiger partial charge in [-0.05, 0) is 0 Å². The van der Waals surface area contributed by atoms with Gasteiger partial charge in [0, 0.05) is 0 Å². The summed E-state index contributed by atoms with van der Waals surface area (Å²) in [6, 6.07) is -0.458. The molecule has 0 heterocycles. The molecule has 42 valence electrons. The standard InChI is InChI=1S/C3H7NO2Se/c4-2(1-7)3(5)6/h2,7H,1,4H2,(H,5,6)/p+1/t2-/m1/s1. The van der Waals surface area contributed by atoms with Gasteiger partial charge in [-0.3, -0.25) is 0 Å². The van der Waals surface area contributed by atoms with Crippen LogP contribution >= 0.6 is 0 Å². The fraction of sp³-hybridized carbons (Fsp3) is 0.667. The van der Waals surface area contributed by atoms with E-state index < -0.39 is 12.0 Å². The summed E-state index contributed by atoms with van der Waals surface area (Å²) in [6.07, 6.45) is 0. The predicted octanol–water partition coefficient (Wildman–Crippen LogP) is -2.00. The van der Waals surface area contributed by atoms with Gasteiger partial charge in [-0.15, -0.1) is 0 Å². The summed E-state index contributed by atoms with van der Waals surface area (Å²) in [5, 5.41) is 8.65. The zero-order valence-electron chi connectivity index (χ0n) is 3.79. The average molecular weight is 169 g/mol. The maximum atomic E-state index is 9.86. The molecular weight excluding hydrogens is 161 g/mol. The van der Waals surface area contributed by atoms with Crippen molar-refractivity contribution in [2.45, 2.75) is 11.4 Å². The van der Waals surface area contributed by atoms with Crippen LogP contribution in [0.2, 0.25) is 5.32 Å². The summed E-state index contributed by atoms with van der Waals surface area (Å²) in [6.45, 7) is 0. The van der Waals surface area contributed by atoms with Gasteiger partial charge in [-0.25, -0.2) is 0 Å². The number of hydrogen-bond donors (Lipinski definition) is 2. The van der Waals surface area contributed by atoms with Crippen molar-refractivity contribution in [2.24, 2.45) is 0 Å². The SMILES string of the molecule is [NH3+][C@H](C[SeH])C(=O)O. The second kappa shape index (κ2) is 3.02. The molecular formula is C3H8NO2Se+. The molecule has 7 heavy (non-hydrogen) atoms. The van der Waals surface area contributed by atoms with Crippen LogP contribution in [0.4, 0.5) is 0 Å². The zero-order chi connectivity index (χ0) is 5.86. The minimum atomic E-state index is -0.833. The second-order valence-corrected chi connectivity index (χ2v) is 1.98. The third-order valence-corrected chi connectivity index (χ3v) is 1.49. The summed E-state index contributed by atoms with van der Waals surface area (Å²) in [7, 11) is 0. The van der Waals surface area contributed by atoms with E-state index in [1.165, 1.54) is 0 Å². The summed E-state index contributed by atoms with van der Waals surface area (Å²) in [5.41, 5.74) is 3.34. The van der Waals surface area contributed by atoms with Crippen LogP contribution in [-0.4, -0.2) is 33.1 Å². The zero-order valence-corrected chi connectivity index (χ0v) is 5.67. The Morgan fingerprint density at radius 2 is 2.43 bits per heavy atom. The number of hydrogen-bond acceptors (Lipinski definition) is 1. The van der Waals surface area contributed by atoms with Gasteiger partial charge in [0.15, 0.2) is 0 Å². The molecule has 4 N–H and O–H groups in total. The summed E-state index contributed by atoms with van der Waals surface area (Å²) in [4.78, 5) is 9.86. The molecule has 0 saturated carbocycles. The number of carbonyl (C=O) groups is 1. The first-order chi connectivity index (χ1) is 3.18. The van der Waals surface area contributed by atoms with Gasteiger partial charge in [0.05, 0.1) is 0 Å². The minimum absolute atomic E-state index is 0.458. The van der Waals surface area contributed by atoms with E-state index >= 15 is 0 Å². The molecule has 0 aliphatic carbocycles. The average Bonchev–Trinajstić information content (AvgIpc) is 1.65. The molecule has 0 aliphatic rings. The number of quaternary nitrogens is 1. The van der Waals surface area contributed by atoms with Gasteiger partial charge >= 0.3 is 49.0 Å². The Hall–Kier alpha value is -0.0505. The Labute approximate surface area is 49.7 Å². The van der Waals surface area contributed by atoms with Gasteiger partial charge in [0.1, 0.15) is 0 Å². The van der Waals surface area contributed by atoms with Crippen LogP contribution in [0.3, 0.4) is 0 Å². The van der Waals surface area contributed by atoms with Gasteiger partial charge in [-0.2, -0.15) is 0 Å². The van der Waals surface area contributed by atoms with Gasteiger partial charge in [0.25, 0.3) is 0 Å². The van der Waals surface area contributed by atoms with Crippen LogP contribution in [0.5, 0.6) is 0 Å². The van der Waals surface area contributed by atoms with E-state index in [4.69, 9.17) is 5.11 Å². The first-order valence-corrected chi connectivity index (χ1v) is 3.18. The summed E-state index contributed by atoms with van der Waals surface area (Å²) < 4.78 is 0. The molecule has 0 bridgehead atoms. The molecule has 0 aromatic carbocycles. The molecule has 0 aromatic rings. The van der Waals surface area contributed by atoms with Crippen molar-refractivity contribution in [2.75, 3.05) is 0 Å². The second-order valence-electron chi connectivity index (χ2n) is 1.22. The normalized spacial score (nSPS) is 13.4. The maximum absolute atomic E-state index is 9.86. The Balaban J connectivity index is 3.34. The van der Waals surface area contributed by atoms with Crippen molar-refractivity contribution in [3.8, 4) is 0 Å². The molecule has 0 spiro atoms. The van der Waals surface area contributed by atoms with Crippen LogP contribution in [0, 0.1) is 0 Å². The molecule has 0 radical (unpaired) electrons. The van der Waals surface area contributed by atoms with Gasteiger partial charge < -0.3 is 0 Å². The van der Waals surface area contributed by atoms with Crippen molar-refractivity contribution < 1.29 is 15.6 Å². The van der Waals surface area contributed by atoms with Crippen molar-refractivity contribution in [3.05, 3.63) is 0 Å². The fourth-order valence-electron chi connectivity index (χ4n) is 0.0781. The number of carboxylic acids is 1. The molecule has 4 heteroatoms. The van der Waals surface area contributed by atoms with E-state index in [0.717, 1.165) is 0 Å². The molecule has 0 amide bonds. The molecule has 0 saturated heterocycles. The van der Waals surface area contributed by atoms with Crippen molar-refractivity contribution >= 4 is 22.0 Å². The van der Waals surface area contributed by atoms with Crippen molar-refractivity contribution in [1.29, 1.82) is 0 Å². The monoisotopic (exact) mass is 170 g/mol. The van der Waals surface area contributed by atoms with Crippen LogP contribution < -0.4 is 5.73 Å². The van der Waals surface area contributed by atoms with E-state index in [9.17, 15) is 4.79 Å². The molecule has 0 aromatic heterocycles. The number of rotatable bonds is 2. The fourth-order valence-corrected chi connectivity index (χ4v) is 0.406. The first kappa shape index (κ1) is 6.95. The van der Waals surface area contributed by atoms with Crippen LogP contribution in [0.15, 0.2) is 0 Å². The topological polar surface area (TPSA) is 64.9 Å². The first-order valence-electron chi connectivity index (χ1n) is 1.85. The summed E-state index contributed by atoms with van der Waals surface area (Å²) >= 11 is 2.19. The number of carboxylic acid groups (broad SMARTS) is 1. The van der Waals surface area contributed by atoms with Gasteiger partial charge in [-0.1, -0.05) is 0 Å². The van der Waals surface area contributed by atoms with E-state index in [2.05, 4.69) is 21.7 Å². The summed E-state index contributed by atoms with van der Waals surface area (Å²) in [5.74, 6) is -0.833. The predicted molar refractivity (Wildman–Crippen MR) is 26.3 cm³/mol. The molecule has 1 atom stereocenters. The molecule has 0 unspecified atom stereocenters. The Bertz CT molecular complexity index is 75.3. The van der Waals surface area contributed by atoms with Crippen molar-refractivity contribution in [1.82, 2.24) is 0 Å². The molecule has 3 nitrogen and oxygen atoms in total. The third kappa shape index (κ3) is 2.62. The van der Waals surface area contributed by atoms with E-state index in [1.54, 1.807) is 0 Å². The third-order valence-electron chi connectivity index (χ3n) is 0.570. The van der Waals surface area contributed by atoms with Crippen LogP contribution in [0.1, 0.15) is 0 Å². The Morgan fingerprint density at radius 1 is 2.00 bits per heavy atom. The molecule has 0 fully saturated rings. The van der Waals surface area contributed by atoms with E-state index in [1.807, 2.05) is 0 Å². The Kier molecular flexibility index (Phi) is 3.00. The molecule has 0 rings (SSSR count). The number of aliphatic carboxylic acids is 1.